The number of aliphatic carboxylic acids is 1. The van der Waals surface area contributed by atoms with E-state index in [0.29, 0.717) is 32.2 Å². The van der Waals surface area contributed by atoms with Crippen LogP contribution in [-0.4, -0.2) is 169 Å². The van der Waals surface area contributed by atoms with E-state index in [2.05, 4.69) is 10.6 Å². The molecular formula is C39H60N6O12. The van der Waals surface area contributed by atoms with Gasteiger partial charge in [0.05, 0.1) is 69.4 Å². The first kappa shape index (κ1) is 45.3. The molecule has 3 fully saturated rings. The highest BCUT2D eigenvalue weighted by atomic mass is 16.5. The second-order valence-corrected chi connectivity index (χ2v) is 15.5. The second kappa shape index (κ2) is 20.8. The van der Waals surface area contributed by atoms with Gasteiger partial charge in [0.2, 0.25) is 29.5 Å². The summed E-state index contributed by atoms with van der Waals surface area (Å²) < 4.78 is 17.1. The Hall–Kier alpha value is -4.42. The van der Waals surface area contributed by atoms with E-state index < -0.39 is 72.4 Å². The molecule has 18 heteroatoms. The molecule has 0 radical (unpaired) electrons. The maximum absolute atomic E-state index is 13.9. The molecule has 1 aliphatic carbocycles. The van der Waals surface area contributed by atoms with Gasteiger partial charge in [0, 0.05) is 46.0 Å². The zero-order valence-electron chi connectivity index (χ0n) is 34.0. The average molecular weight is 805 g/mol. The number of imide groups is 1. The minimum absolute atomic E-state index is 0.0218. The van der Waals surface area contributed by atoms with Gasteiger partial charge in [-0.15, -0.1) is 0 Å². The van der Waals surface area contributed by atoms with E-state index in [9.17, 15) is 38.4 Å². The molecule has 3 heterocycles. The highest BCUT2D eigenvalue weighted by Crippen LogP contribution is 2.43. The molecule has 3 N–H and O–H groups in total. The Morgan fingerprint density at radius 2 is 1.65 bits per heavy atom. The van der Waals surface area contributed by atoms with Crippen molar-refractivity contribution in [2.24, 2.45) is 17.8 Å². The van der Waals surface area contributed by atoms with E-state index in [1.165, 1.54) is 31.3 Å². The van der Waals surface area contributed by atoms with E-state index in [1.807, 2.05) is 13.8 Å². The Morgan fingerprint density at radius 3 is 2.28 bits per heavy atom. The van der Waals surface area contributed by atoms with Gasteiger partial charge < -0.3 is 44.7 Å². The number of hydrogen-bond acceptors (Lipinski definition) is 11. The van der Waals surface area contributed by atoms with E-state index in [4.69, 9.17) is 19.3 Å². The molecule has 0 aromatic heterocycles. The predicted octanol–water partition coefficient (Wildman–Crippen LogP) is -0.0651. The van der Waals surface area contributed by atoms with Crippen molar-refractivity contribution in [2.75, 3.05) is 60.7 Å². The van der Waals surface area contributed by atoms with Crippen LogP contribution in [0.3, 0.4) is 0 Å². The first-order valence-electron chi connectivity index (χ1n) is 19.9. The molecule has 0 aromatic rings. The summed E-state index contributed by atoms with van der Waals surface area (Å²) in [5, 5.41) is 14.1. The predicted molar refractivity (Wildman–Crippen MR) is 203 cm³/mol. The Bertz CT molecular complexity index is 1520. The van der Waals surface area contributed by atoms with Crippen molar-refractivity contribution in [1.29, 1.82) is 0 Å². The molecule has 57 heavy (non-hydrogen) atoms. The minimum Gasteiger partial charge on any atom is -0.480 e. The molecule has 9 atom stereocenters. The normalized spacial score (nSPS) is 24.0. The first-order valence-corrected chi connectivity index (χ1v) is 19.9. The Labute approximate surface area is 333 Å². The number of methoxy groups -OCH3 is 2. The molecule has 0 aromatic carbocycles. The van der Waals surface area contributed by atoms with Gasteiger partial charge in [-0.2, -0.15) is 0 Å². The van der Waals surface area contributed by atoms with E-state index in [-0.39, 0.29) is 74.7 Å². The van der Waals surface area contributed by atoms with E-state index >= 15 is 0 Å². The summed E-state index contributed by atoms with van der Waals surface area (Å²) in [4.78, 5) is 108. The van der Waals surface area contributed by atoms with Crippen molar-refractivity contribution in [1.82, 2.24) is 30.2 Å². The van der Waals surface area contributed by atoms with Crippen molar-refractivity contribution in [3.8, 4) is 0 Å². The third kappa shape index (κ3) is 11.0. The van der Waals surface area contributed by atoms with Gasteiger partial charge in [-0.3, -0.25) is 43.3 Å². The van der Waals surface area contributed by atoms with Gasteiger partial charge in [0.1, 0.15) is 12.6 Å². The smallest absolute Gasteiger partial charge is 0.322 e. The van der Waals surface area contributed by atoms with Crippen LogP contribution in [0.15, 0.2) is 12.2 Å². The molecule has 318 valence electrons. The van der Waals surface area contributed by atoms with Crippen LogP contribution in [0.4, 0.5) is 0 Å². The van der Waals surface area contributed by atoms with E-state index in [1.54, 1.807) is 23.8 Å². The lowest BCUT2D eigenvalue weighted by Gasteiger charge is -2.39. The molecule has 3 aliphatic heterocycles. The number of amides is 7. The number of carboxylic acids is 1. The van der Waals surface area contributed by atoms with Gasteiger partial charge in [0.25, 0.3) is 11.8 Å². The number of nitrogens with zero attached hydrogens (tertiary/aromatic N) is 4. The summed E-state index contributed by atoms with van der Waals surface area (Å²) in [5.74, 6) is -4.59. The van der Waals surface area contributed by atoms with Crippen LogP contribution in [-0.2, 0) is 52.6 Å². The topological polar surface area (TPSA) is 222 Å². The van der Waals surface area contributed by atoms with Gasteiger partial charge >= 0.3 is 5.97 Å². The highest BCUT2D eigenvalue weighted by Gasteiger charge is 2.51. The fraction of sp³-hybridized carbons (Fsp3) is 0.744. The number of piperidine rings is 1. The monoisotopic (exact) mass is 804 g/mol. The third-order valence-corrected chi connectivity index (χ3v) is 12.1. The lowest BCUT2D eigenvalue weighted by molar-refractivity contribution is -0.147. The van der Waals surface area contributed by atoms with Gasteiger partial charge in [0.15, 0.2) is 0 Å². The number of carbonyl (C=O) groups excluding carboxylic acids is 7. The molecule has 18 nitrogen and oxygen atoms in total. The Kier molecular flexibility index (Phi) is 16.6. The number of carboxylic acid groups (broad SMARTS) is 1. The summed E-state index contributed by atoms with van der Waals surface area (Å²) in [6, 6.07) is -1.76. The molecule has 1 saturated carbocycles. The molecule has 0 spiro atoms. The van der Waals surface area contributed by atoms with Crippen molar-refractivity contribution in [2.45, 2.75) is 109 Å². The summed E-state index contributed by atoms with van der Waals surface area (Å²) >= 11 is 0. The van der Waals surface area contributed by atoms with Crippen molar-refractivity contribution in [3.63, 3.8) is 0 Å². The quantitative estimate of drug-likeness (QED) is 0.0968. The second-order valence-electron chi connectivity index (χ2n) is 15.5. The molecule has 7 amide bonds. The Morgan fingerprint density at radius 1 is 0.947 bits per heavy atom. The van der Waals surface area contributed by atoms with Crippen LogP contribution < -0.4 is 10.6 Å². The lowest BCUT2D eigenvalue weighted by atomic mass is 9.90. The van der Waals surface area contributed by atoms with Gasteiger partial charge in [-0.1, -0.05) is 27.2 Å². The number of fused-ring (bicyclic) bond motifs is 2. The highest BCUT2D eigenvalue weighted by molar-refractivity contribution is 6.12. The maximum atomic E-state index is 13.9. The van der Waals surface area contributed by atoms with Crippen molar-refractivity contribution < 1.29 is 57.7 Å². The number of hydrogen-bond donors (Lipinski definition) is 3. The first-order chi connectivity index (χ1) is 27.1. The standard InChI is InChI=1S/C39H60N6O12/c1-7-23(2)35(28(55-5)20-32(49)43-15-8-9-27(43)37(56-6)24(3)38(53)41-22-34(51)52)42(4)33(50)21-40-39(54)36-25-10-11-26(19-25)45(36)31(48)14-17-57-18-16-44-29(46)12-13-30(44)47/h12-13,23-28,35-37H,7-11,14-22H2,1-6H3,(H,40,54)(H,41,53)(H,51,52). The molecule has 9 unspecified atom stereocenters. The zero-order valence-corrected chi connectivity index (χ0v) is 34.0. The van der Waals surface area contributed by atoms with Crippen molar-refractivity contribution >= 4 is 47.3 Å². The van der Waals surface area contributed by atoms with Crippen LogP contribution in [0.25, 0.3) is 0 Å². The average Bonchev–Trinajstić information content (AvgIpc) is 4.01. The fourth-order valence-electron chi connectivity index (χ4n) is 8.92. The lowest BCUT2D eigenvalue weighted by Crippen LogP contribution is -2.56. The molecule has 2 bridgehead atoms. The third-order valence-electron chi connectivity index (χ3n) is 12.1. The van der Waals surface area contributed by atoms with E-state index in [0.717, 1.165) is 17.7 Å². The molecular weight excluding hydrogens is 744 g/mol. The summed E-state index contributed by atoms with van der Waals surface area (Å²) in [6.45, 7) is 5.38. The van der Waals surface area contributed by atoms with Gasteiger partial charge in [-0.25, -0.2) is 0 Å². The maximum Gasteiger partial charge on any atom is 0.322 e. The van der Waals surface area contributed by atoms with Crippen LogP contribution in [0.1, 0.15) is 72.1 Å². The fourth-order valence-corrected chi connectivity index (χ4v) is 8.92. The SMILES string of the molecule is CCC(C)C(C(CC(=O)N1CCCC1C(OC)C(C)C(=O)NCC(=O)O)OC)N(C)C(=O)CNC(=O)C1C2CCC(C2)N1C(=O)CCOCCN1C(=O)C=CC1=O. The molecule has 2 saturated heterocycles. The zero-order chi connectivity index (χ0) is 42.0. The van der Waals surface area contributed by atoms with Crippen molar-refractivity contribution in [3.05, 3.63) is 12.2 Å². The molecule has 4 aliphatic rings. The van der Waals surface area contributed by atoms with Crippen LogP contribution in [0.2, 0.25) is 0 Å². The minimum atomic E-state index is -1.17. The largest absolute Gasteiger partial charge is 0.480 e. The number of nitrogens with one attached hydrogen (secondary N) is 2. The molecule has 4 rings (SSSR count). The summed E-state index contributed by atoms with van der Waals surface area (Å²) in [5.41, 5.74) is 0. The number of likely N-dealkylation sites (tertiary alicyclic amines) is 2. The van der Waals surface area contributed by atoms with Crippen LogP contribution in [0, 0.1) is 17.8 Å². The summed E-state index contributed by atoms with van der Waals surface area (Å²) in [7, 11) is 4.57. The number of carbonyl (C=O) groups is 8. The van der Waals surface area contributed by atoms with Crippen LogP contribution in [0.5, 0.6) is 0 Å². The summed E-state index contributed by atoms with van der Waals surface area (Å²) in [6.07, 6.45) is 5.20. The van der Waals surface area contributed by atoms with Crippen LogP contribution >= 0.6 is 0 Å². The number of likely N-dealkylation sites (N-methyl/N-ethyl adjacent to an activating group) is 1. The Balaban J connectivity index is 1.33. The number of rotatable bonds is 22. The number of ether oxygens (including phenoxy) is 3. The van der Waals surface area contributed by atoms with Gasteiger partial charge in [-0.05, 0) is 43.9 Å².